The van der Waals surface area contributed by atoms with Crippen molar-refractivity contribution in [2.24, 2.45) is 50.2 Å². The van der Waals surface area contributed by atoms with Gasteiger partial charge in [-0.3, -0.25) is 14.4 Å². The van der Waals surface area contributed by atoms with Gasteiger partial charge in [0.2, 0.25) is 6.29 Å². The van der Waals surface area contributed by atoms with Gasteiger partial charge in [-0.25, -0.2) is 0 Å². The van der Waals surface area contributed by atoms with E-state index in [1.165, 1.54) is 6.92 Å². The third kappa shape index (κ3) is 12.1. The van der Waals surface area contributed by atoms with Crippen molar-refractivity contribution in [3.63, 3.8) is 0 Å². The SMILES string of the molecule is CC1OC2O[C@H]3[C@@H](OCC(O)[C@H]3O)OC(=O)C34CCC(C)(C)CC3C3=CCC5C6(C)CC(O)C(OC7OC(CO)C(O)C(O)C7O[C@@H]7OC[C@H](OC(=O)CC(C)(O)CC(=O)OC1C(OC1OCC(O)C(O)C1O)C2O)[C@@H](O)[C@H]7O)C(C)(CO)C6CCC5(C)C3(C)CC4. The first-order valence-electron chi connectivity index (χ1n) is 32.6. The molecule has 12 fully saturated rings. The van der Waals surface area contributed by atoms with Crippen LogP contribution >= 0.6 is 0 Å². The van der Waals surface area contributed by atoms with Crippen LogP contribution in [0.15, 0.2) is 11.6 Å². The van der Waals surface area contributed by atoms with Crippen LogP contribution in [0.3, 0.4) is 0 Å². The highest BCUT2D eigenvalue weighted by atomic mass is 16.8. The largest absolute Gasteiger partial charge is 0.457 e. The van der Waals surface area contributed by atoms with Gasteiger partial charge in [0, 0.05) is 5.41 Å². The summed E-state index contributed by atoms with van der Waals surface area (Å²) in [6.45, 7) is 12.2. The molecule has 12 aliphatic heterocycles. The normalized spacial score (nSPS) is 54.4. The van der Waals surface area contributed by atoms with E-state index in [4.69, 9.17) is 56.8 Å². The Morgan fingerprint density at radius 1 is 0.565 bits per heavy atom. The molecule has 33 atom stereocenters. The summed E-state index contributed by atoms with van der Waals surface area (Å²) in [6.07, 6.45) is -36.9. The lowest BCUT2D eigenvalue weighted by Gasteiger charge is -2.72. The van der Waals surface area contributed by atoms with Gasteiger partial charge in [0.1, 0.15) is 79.4 Å². The summed E-state index contributed by atoms with van der Waals surface area (Å²) < 4.78 is 72.3. The highest BCUT2D eigenvalue weighted by Gasteiger charge is 2.72. The fraction of sp³-hybridized carbons (Fsp3) is 0.921. The lowest BCUT2D eigenvalue weighted by molar-refractivity contribution is -0.377. The van der Waals surface area contributed by atoms with Gasteiger partial charge in [-0.05, 0) is 111 Å². The quantitative estimate of drug-likeness (QED) is 0.0590. The Hall–Kier alpha value is -2.77. The molecule has 0 amide bonds. The molecule has 12 heterocycles. The van der Waals surface area contributed by atoms with Gasteiger partial charge < -0.3 is 128 Å². The number of allylic oxidation sites excluding steroid dienone is 2. The monoisotopic (exact) mass is 1320 g/mol. The van der Waals surface area contributed by atoms with Crippen molar-refractivity contribution in [1.82, 2.24) is 0 Å². The minimum Gasteiger partial charge on any atom is -0.457 e. The number of aliphatic hydroxyl groups excluding tert-OH is 13. The van der Waals surface area contributed by atoms with Crippen LogP contribution in [0, 0.1) is 50.2 Å². The number of aliphatic hydroxyl groups is 14. The summed E-state index contributed by atoms with van der Waals surface area (Å²) in [6, 6.07) is 0. The second kappa shape index (κ2) is 25.8. The smallest absolute Gasteiger partial charge is 0.315 e. The van der Waals surface area contributed by atoms with Gasteiger partial charge >= 0.3 is 17.9 Å². The number of rotatable bonds is 4. The fourth-order valence-electron chi connectivity index (χ4n) is 18.5. The van der Waals surface area contributed by atoms with Crippen LogP contribution in [0.1, 0.15) is 126 Å². The maximum Gasteiger partial charge on any atom is 0.315 e. The van der Waals surface area contributed by atoms with Crippen LogP contribution in [0.4, 0.5) is 0 Å². The first-order valence-corrected chi connectivity index (χ1v) is 32.6. The van der Waals surface area contributed by atoms with Crippen LogP contribution in [0.25, 0.3) is 0 Å². The van der Waals surface area contributed by atoms with Crippen molar-refractivity contribution in [3.05, 3.63) is 11.6 Å². The Labute approximate surface area is 533 Å². The van der Waals surface area contributed by atoms with Crippen molar-refractivity contribution in [1.29, 1.82) is 0 Å². The summed E-state index contributed by atoms with van der Waals surface area (Å²) in [7, 11) is 0. The molecule has 17 aliphatic rings. The zero-order chi connectivity index (χ0) is 66.9. The van der Waals surface area contributed by atoms with Crippen molar-refractivity contribution < 1.29 is 143 Å². The zero-order valence-corrected chi connectivity index (χ0v) is 53.4. The number of ether oxygens (including phenoxy) is 12. The number of esters is 3. The van der Waals surface area contributed by atoms with Gasteiger partial charge in [-0.15, -0.1) is 0 Å². The van der Waals surface area contributed by atoms with E-state index in [0.29, 0.717) is 51.4 Å². The van der Waals surface area contributed by atoms with E-state index in [2.05, 4.69) is 40.7 Å². The van der Waals surface area contributed by atoms with E-state index in [1.807, 2.05) is 6.92 Å². The molecule has 0 aromatic heterocycles. The first kappa shape index (κ1) is 70.5. The van der Waals surface area contributed by atoms with E-state index in [1.54, 1.807) is 0 Å². The van der Waals surface area contributed by atoms with Crippen LogP contribution in [0.2, 0.25) is 0 Å². The Morgan fingerprint density at radius 3 is 1.90 bits per heavy atom. The van der Waals surface area contributed by atoms with Crippen LogP contribution in [0.5, 0.6) is 0 Å². The van der Waals surface area contributed by atoms with E-state index in [9.17, 15) is 81.1 Å². The van der Waals surface area contributed by atoms with Crippen molar-refractivity contribution in [2.45, 2.75) is 279 Å². The Kier molecular flexibility index (Phi) is 19.8. The summed E-state index contributed by atoms with van der Waals surface area (Å²) in [5.41, 5.74) is -5.49. The third-order valence-corrected chi connectivity index (χ3v) is 24.0. The molecule has 0 radical (unpaired) electrons. The van der Waals surface area contributed by atoms with Gasteiger partial charge in [0.15, 0.2) is 43.5 Å². The Morgan fingerprint density at radius 2 is 1.21 bits per heavy atom. The van der Waals surface area contributed by atoms with Gasteiger partial charge in [-0.2, -0.15) is 0 Å². The molecule has 12 bridgehead atoms. The van der Waals surface area contributed by atoms with Gasteiger partial charge in [0.25, 0.3) is 0 Å². The molecule has 8 saturated heterocycles. The summed E-state index contributed by atoms with van der Waals surface area (Å²) >= 11 is 0. The second-order valence-corrected chi connectivity index (χ2v) is 30.5. The molecule has 1 spiro atoms. The molecule has 0 aromatic carbocycles. The fourth-order valence-corrected chi connectivity index (χ4v) is 18.5. The topological polar surface area (TPSA) is 445 Å². The average Bonchev–Trinajstić information content (AvgIpc) is 0.674. The van der Waals surface area contributed by atoms with E-state index in [0.717, 1.165) is 12.5 Å². The minimum atomic E-state index is -2.29. The van der Waals surface area contributed by atoms with Crippen LogP contribution < -0.4 is 0 Å². The molecule has 26 unspecified atom stereocenters. The molecule has 29 nitrogen and oxygen atoms in total. The predicted molar refractivity (Wildman–Crippen MR) is 306 cm³/mol. The Balaban J connectivity index is 0.951. The maximum atomic E-state index is 15.6. The number of carbonyl (C=O) groups excluding carboxylic acids is 3. The Bertz CT molecular complexity index is 2700. The van der Waals surface area contributed by atoms with Crippen molar-refractivity contribution in [2.75, 3.05) is 33.0 Å². The molecule has 0 aromatic rings. The molecule has 14 N–H and O–H groups in total. The molecule has 17 rings (SSSR count). The van der Waals surface area contributed by atoms with E-state index in [-0.39, 0.29) is 29.6 Å². The van der Waals surface area contributed by atoms with Crippen LogP contribution in [-0.2, 0) is 71.2 Å². The molecule has 92 heavy (non-hydrogen) atoms. The van der Waals surface area contributed by atoms with Gasteiger partial charge in [-0.1, -0.05) is 53.2 Å². The molecular weight excluding hydrogens is 1220 g/mol. The highest BCUT2D eigenvalue weighted by Crippen LogP contribution is 2.76. The summed E-state index contributed by atoms with van der Waals surface area (Å²) in [5.74, 6) is -3.90. The number of hydrogen-bond donors (Lipinski definition) is 14. The lowest BCUT2D eigenvalue weighted by Crippen LogP contribution is -2.70. The average molecular weight is 1320 g/mol. The first-order chi connectivity index (χ1) is 43.1. The summed E-state index contributed by atoms with van der Waals surface area (Å²) in [5, 5.41) is 159. The highest BCUT2D eigenvalue weighted by molar-refractivity contribution is 5.79. The molecule has 5 aliphatic carbocycles. The van der Waals surface area contributed by atoms with Crippen molar-refractivity contribution >= 4 is 17.9 Å². The number of carbonyl (C=O) groups is 3. The van der Waals surface area contributed by atoms with Crippen LogP contribution in [-0.4, -0.2) is 275 Å². The third-order valence-electron chi connectivity index (χ3n) is 24.0. The summed E-state index contributed by atoms with van der Waals surface area (Å²) in [4.78, 5) is 43.1. The lowest BCUT2D eigenvalue weighted by atomic mass is 9.33. The van der Waals surface area contributed by atoms with E-state index >= 15 is 4.79 Å². The van der Waals surface area contributed by atoms with Gasteiger partial charge in [0.05, 0.1) is 75.2 Å². The van der Waals surface area contributed by atoms with Crippen molar-refractivity contribution in [3.8, 4) is 0 Å². The van der Waals surface area contributed by atoms with E-state index < -0.39 is 244 Å². The molecule has 4 saturated carbocycles. The second-order valence-electron chi connectivity index (χ2n) is 30.5. The predicted octanol–water partition coefficient (Wildman–Crippen LogP) is -2.68. The standard InChI is InChI=1S/C63H98O29/c1-26-46-47(88-51-43(76)38(71)30(67)22-81-51)45(78)53(84-26)90-48-39(72)31(68)23-82-54(48)92-56(79)63-15-13-57(2,3)17-28(63)27-9-10-35-59(5)18-29(66)50(60(6,25-65)34(59)11-12-62(35,8)61(27,7)14-16-63)91-55-49(42(75)40(73)32(21-64)86-55)89-52-44(77)41(74)33(24-83-52)85-36(69)19-58(4,80)20-37(70)87-46/h9,26,28-35,38-55,64-68,71-78,80H,10-25H2,1-8H3/t26?,28?,29?,30?,31?,32?,33-,34?,35?,38?,39+,40?,41+,42?,43?,44+,45?,46?,47?,48+,49?,50?,51?,52-,53?,54-,55?,58?,59?,60?,61?,62?,63?/m0/s1. The maximum absolute atomic E-state index is 15.6. The molecule has 524 valence electrons. The minimum absolute atomic E-state index is 0.109. The number of hydrogen-bond acceptors (Lipinski definition) is 29. The molecular formula is C63H98O29. The molecule has 29 heteroatoms. The zero-order valence-electron chi connectivity index (χ0n) is 53.4.